The largest absolute Gasteiger partial charge is 0.352 e. The highest BCUT2D eigenvalue weighted by Gasteiger charge is 2.25. The van der Waals surface area contributed by atoms with Crippen LogP contribution in [0.1, 0.15) is 0 Å². The summed E-state index contributed by atoms with van der Waals surface area (Å²) >= 11 is 1.69. The average Bonchev–Trinajstić information content (AvgIpc) is 2.60. The van der Waals surface area contributed by atoms with Crippen LogP contribution in [0.25, 0.3) is 10.2 Å². The van der Waals surface area contributed by atoms with Gasteiger partial charge in [0.25, 0.3) is 0 Å². The van der Waals surface area contributed by atoms with E-state index in [1.54, 1.807) is 17.7 Å². The van der Waals surface area contributed by atoms with Gasteiger partial charge < -0.3 is 10.6 Å². The van der Waals surface area contributed by atoms with Crippen molar-refractivity contribution in [1.82, 2.24) is 9.97 Å². The molecular weight excluding hydrogens is 267 g/mol. The summed E-state index contributed by atoms with van der Waals surface area (Å²) in [5, 5.41) is 2.04. The predicted molar refractivity (Wildman–Crippen MR) is 72.1 cm³/mol. The molecule has 3 heterocycles. The number of halogens is 2. The summed E-state index contributed by atoms with van der Waals surface area (Å²) in [6.45, 7) is 1.81. The molecule has 1 aliphatic rings. The second kappa shape index (κ2) is 5.14. The fraction of sp³-hybridized carbons (Fsp3) is 0.333. The van der Waals surface area contributed by atoms with Crippen LogP contribution in [0.2, 0.25) is 0 Å². The monoisotopic (exact) mass is 278 g/mol. The van der Waals surface area contributed by atoms with E-state index in [9.17, 15) is 0 Å². The van der Waals surface area contributed by atoms with Crippen molar-refractivity contribution >= 4 is 52.2 Å². The van der Waals surface area contributed by atoms with Gasteiger partial charge in [0.05, 0.1) is 10.2 Å². The predicted octanol–water partition coefficient (Wildman–Crippen LogP) is 1.68. The molecule has 0 radical (unpaired) electrons. The molecule has 88 valence electrons. The van der Waals surface area contributed by atoms with Gasteiger partial charge in [0, 0.05) is 19.1 Å². The van der Waals surface area contributed by atoms with Gasteiger partial charge in [-0.2, -0.15) is 0 Å². The van der Waals surface area contributed by atoms with Gasteiger partial charge in [-0.05, 0) is 11.4 Å². The van der Waals surface area contributed by atoms with Crippen molar-refractivity contribution in [2.24, 2.45) is 5.73 Å². The third kappa shape index (κ3) is 2.08. The Balaban J connectivity index is 0.000000640. The number of fused-ring (bicyclic) bond motifs is 1. The van der Waals surface area contributed by atoms with E-state index < -0.39 is 0 Å². The quantitative estimate of drug-likeness (QED) is 0.863. The van der Waals surface area contributed by atoms with Crippen molar-refractivity contribution in [3.63, 3.8) is 0 Å². The minimum absolute atomic E-state index is 0. The fourth-order valence-electron chi connectivity index (χ4n) is 1.69. The maximum atomic E-state index is 5.74. The van der Waals surface area contributed by atoms with Gasteiger partial charge in [-0.15, -0.1) is 36.2 Å². The number of anilines is 1. The number of rotatable bonds is 1. The van der Waals surface area contributed by atoms with E-state index >= 15 is 0 Å². The molecule has 0 bridgehead atoms. The maximum Gasteiger partial charge on any atom is 0.150 e. The zero-order chi connectivity index (χ0) is 9.54. The molecule has 2 aromatic heterocycles. The molecule has 0 amide bonds. The molecule has 0 aliphatic carbocycles. The van der Waals surface area contributed by atoms with E-state index in [1.165, 1.54) is 4.70 Å². The van der Waals surface area contributed by atoms with Crippen molar-refractivity contribution in [3.8, 4) is 0 Å². The Kier molecular flexibility index (Phi) is 4.32. The Morgan fingerprint density at radius 2 is 2.06 bits per heavy atom. The van der Waals surface area contributed by atoms with Crippen LogP contribution >= 0.6 is 36.2 Å². The van der Waals surface area contributed by atoms with Crippen LogP contribution in [0.15, 0.2) is 17.8 Å². The second-order valence-corrected chi connectivity index (χ2v) is 4.41. The van der Waals surface area contributed by atoms with E-state index in [4.69, 9.17) is 5.73 Å². The molecule has 0 unspecified atom stereocenters. The second-order valence-electron chi connectivity index (χ2n) is 3.50. The lowest BCUT2D eigenvalue weighted by Crippen LogP contribution is -2.56. The van der Waals surface area contributed by atoms with Crippen molar-refractivity contribution in [1.29, 1.82) is 0 Å². The van der Waals surface area contributed by atoms with Gasteiger partial charge >= 0.3 is 0 Å². The molecule has 7 heteroatoms. The summed E-state index contributed by atoms with van der Waals surface area (Å²) in [6, 6.07) is 2.32. The van der Waals surface area contributed by atoms with E-state index in [2.05, 4.69) is 14.9 Å². The van der Waals surface area contributed by atoms with Crippen LogP contribution in [0.5, 0.6) is 0 Å². The Morgan fingerprint density at radius 1 is 1.31 bits per heavy atom. The zero-order valence-electron chi connectivity index (χ0n) is 8.37. The van der Waals surface area contributed by atoms with Crippen LogP contribution in [0.3, 0.4) is 0 Å². The van der Waals surface area contributed by atoms with Gasteiger partial charge in [-0.3, -0.25) is 0 Å². The molecule has 0 saturated carbocycles. The Morgan fingerprint density at radius 3 is 2.75 bits per heavy atom. The standard InChI is InChI=1S/C9H10N4S.2ClH/c10-6-3-13(4-6)9-8-7(1-2-14-8)11-5-12-9;;/h1-2,5-6H,3-4,10H2;2*1H. The first-order valence-electron chi connectivity index (χ1n) is 4.53. The lowest BCUT2D eigenvalue weighted by Gasteiger charge is -2.37. The number of aromatic nitrogens is 2. The Hall–Kier alpha value is -0.620. The first-order valence-corrected chi connectivity index (χ1v) is 5.41. The zero-order valence-corrected chi connectivity index (χ0v) is 10.8. The van der Waals surface area contributed by atoms with Gasteiger partial charge in [0.1, 0.15) is 12.1 Å². The lowest BCUT2D eigenvalue weighted by molar-refractivity contribution is 0.516. The number of nitrogens with two attached hydrogens (primary N) is 1. The number of nitrogens with zero attached hydrogens (tertiary/aromatic N) is 3. The SMILES string of the molecule is Cl.Cl.NC1CN(c2ncnc3ccsc23)C1. The molecule has 1 saturated heterocycles. The average molecular weight is 279 g/mol. The third-order valence-electron chi connectivity index (χ3n) is 2.43. The van der Waals surface area contributed by atoms with E-state index in [1.807, 2.05) is 11.4 Å². The van der Waals surface area contributed by atoms with Gasteiger partial charge in [-0.1, -0.05) is 0 Å². The van der Waals surface area contributed by atoms with Crippen LogP contribution in [0.4, 0.5) is 5.82 Å². The molecule has 2 aromatic rings. The molecule has 4 nitrogen and oxygen atoms in total. The van der Waals surface area contributed by atoms with Crippen LogP contribution in [-0.4, -0.2) is 29.1 Å². The van der Waals surface area contributed by atoms with Crippen LogP contribution in [0, 0.1) is 0 Å². The van der Waals surface area contributed by atoms with Crippen molar-refractivity contribution in [2.75, 3.05) is 18.0 Å². The molecule has 1 aliphatic heterocycles. The first-order chi connectivity index (χ1) is 6.84. The molecule has 16 heavy (non-hydrogen) atoms. The summed E-state index contributed by atoms with van der Waals surface area (Å²) in [6.07, 6.45) is 1.62. The number of hydrogen-bond acceptors (Lipinski definition) is 5. The smallest absolute Gasteiger partial charge is 0.150 e. The molecule has 3 rings (SSSR count). The van der Waals surface area contributed by atoms with Crippen molar-refractivity contribution in [3.05, 3.63) is 17.8 Å². The Bertz CT molecular complexity index is 469. The molecule has 0 spiro atoms. The summed E-state index contributed by atoms with van der Waals surface area (Å²) in [4.78, 5) is 10.7. The summed E-state index contributed by atoms with van der Waals surface area (Å²) in [5.41, 5.74) is 6.77. The highest BCUT2D eigenvalue weighted by molar-refractivity contribution is 7.17. The summed E-state index contributed by atoms with van der Waals surface area (Å²) in [7, 11) is 0. The molecule has 0 aromatic carbocycles. The van der Waals surface area contributed by atoms with Gasteiger partial charge in [0.15, 0.2) is 0 Å². The highest BCUT2D eigenvalue weighted by Crippen LogP contribution is 2.29. The number of thiophene rings is 1. The number of hydrogen-bond donors (Lipinski definition) is 1. The summed E-state index contributed by atoms with van der Waals surface area (Å²) in [5.74, 6) is 1.03. The minimum atomic E-state index is 0. The van der Waals surface area contributed by atoms with Crippen molar-refractivity contribution < 1.29 is 0 Å². The normalized spacial score (nSPS) is 15.2. The van der Waals surface area contributed by atoms with Crippen LogP contribution < -0.4 is 10.6 Å². The molecular formula is C9H12Cl2N4S. The van der Waals surface area contributed by atoms with Gasteiger partial charge in [0.2, 0.25) is 0 Å². The van der Waals surface area contributed by atoms with Gasteiger partial charge in [-0.25, -0.2) is 9.97 Å². The minimum Gasteiger partial charge on any atom is -0.352 e. The topological polar surface area (TPSA) is 55.0 Å². The Labute approximate surface area is 110 Å². The van der Waals surface area contributed by atoms with Crippen LogP contribution in [-0.2, 0) is 0 Å². The highest BCUT2D eigenvalue weighted by atomic mass is 35.5. The first kappa shape index (κ1) is 13.4. The molecule has 1 fully saturated rings. The lowest BCUT2D eigenvalue weighted by atomic mass is 10.1. The summed E-state index contributed by atoms with van der Waals surface area (Å²) < 4.78 is 1.17. The van der Waals surface area contributed by atoms with E-state index in [-0.39, 0.29) is 24.8 Å². The fourth-order valence-corrected chi connectivity index (χ4v) is 2.55. The van der Waals surface area contributed by atoms with E-state index in [0.29, 0.717) is 6.04 Å². The molecule has 2 N–H and O–H groups in total. The maximum absolute atomic E-state index is 5.74. The van der Waals surface area contributed by atoms with Crippen molar-refractivity contribution in [2.45, 2.75) is 6.04 Å². The van der Waals surface area contributed by atoms with E-state index in [0.717, 1.165) is 24.4 Å². The molecule has 0 atom stereocenters. The third-order valence-corrected chi connectivity index (χ3v) is 3.33.